The van der Waals surface area contributed by atoms with Gasteiger partial charge in [-0.25, -0.2) is 9.97 Å². The number of thioether (sulfide) groups is 1. The molecule has 1 aliphatic heterocycles. The number of pyridine rings is 1. The molecule has 3 nitrogen and oxygen atoms in total. The van der Waals surface area contributed by atoms with E-state index >= 15 is 0 Å². The van der Waals surface area contributed by atoms with Gasteiger partial charge in [0.25, 0.3) is 0 Å². The van der Waals surface area contributed by atoms with Crippen molar-refractivity contribution in [3.63, 3.8) is 0 Å². The quantitative estimate of drug-likeness (QED) is 0.732. The minimum absolute atomic E-state index is 0.532. The van der Waals surface area contributed by atoms with Crippen LogP contribution < -0.4 is 0 Å². The van der Waals surface area contributed by atoms with Crippen molar-refractivity contribution in [2.24, 2.45) is 0 Å². The minimum atomic E-state index is 0.532. The maximum atomic E-state index is 4.87. The van der Waals surface area contributed by atoms with Crippen LogP contribution in [-0.4, -0.2) is 26.0 Å². The molecule has 4 heteroatoms. The van der Waals surface area contributed by atoms with Crippen molar-refractivity contribution in [2.45, 2.75) is 25.8 Å². The first-order valence-corrected chi connectivity index (χ1v) is 8.92. The van der Waals surface area contributed by atoms with Gasteiger partial charge in [0, 0.05) is 24.4 Å². The van der Waals surface area contributed by atoms with Crippen molar-refractivity contribution < 1.29 is 0 Å². The summed E-state index contributed by atoms with van der Waals surface area (Å²) in [6, 6.07) is 13.3. The van der Waals surface area contributed by atoms with Crippen LogP contribution in [0.5, 0.6) is 0 Å². The van der Waals surface area contributed by atoms with E-state index < -0.39 is 0 Å². The van der Waals surface area contributed by atoms with Gasteiger partial charge in [-0.15, -0.1) is 0 Å². The fourth-order valence-corrected chi connectivity index (χ4v) is 4.41. The maximum absolute atomic E-state index is 4.87. The lowest BCUT2D eigenvalue weighted by Gasteiger charge is -2.15. The van der Waals surface area contributed by atoms with E-state index in [2.05, 4.69) is 46.8 Å². The van der Waals surface area contributed by atoms with Crippen LogP contribution in [0.15, 0.2) is 42.6 Å². The lowest BCUT2D eigenvalue weighted by atomic mass is 10.1. The second kappa shape index (κ2) is 5.76. The Morgan fingerprint density at radius 2 is 2.23 bits per heavy atom. The van der Waals surface area contributed by atoms with Crippen LogP contribution in [0.3, 0.4) is 0 Å². The molecular weight excluding hydrogens is 290 g/mol. The molecule has 0 bridgehead atoms. The summed E-state index contributed by atoms with van der Waals surface area (Å²) in [7, 11) is 0. The number of imidazole rings is 1. The molecule has 1 aliphatic rings. The fraction of sp³-hybridized carbons (Fsp3) is 0.333. The smallest absolute Gasteiger partial charge is 0.160 e. The van der Waals surface area contributed by atoms with Gasteiger partial charge in [-0.3, -0.25) is 0 Å². The molecule has 1 unspecified atom stereocenters. The minimum Gasteiger partial charge on any atom is -0.308 e. The van der Waals surface area contributed by atoms with Crippen molar-refractivity contribution in [2.75, 3.05) is 11.5 Å². The van der Waals surface area contributed by atoms with Crippen LogP contribution in [0.4, 0.5) is 0 Å². The van der Waals surface area contributed by atoms with Gasteiger partial charge >= 0.3 is 0 Å². The molecule has 0 spiro atoms. The van der Waals surface area contributed by atoms with Crippen molar-refractivity contribution in [1.29, 1.82) is 0 Å². The van der Waals surface area contributed by atoms with Crippen LogP contribution >= 0.6 is 11.8 Å². The number of benzene rings is 1. The largest absolute Gasteiger partial charge is 0.308 e. The normalized spacial score (nSPS) is 18.1. The summed E-state index contributed by atoms with van der Waals surface area (Å²) in [4.78, 5) is 9.47. The van der Waals surface area contributed by atoms with Crippen molar-refractivity contribution in [3.8, 4) is 0 Å². The fourth-order valence-electron chi connectivity index (χ4n) is 3.22. The summed E-state index contributed by atoms with van der Waals surface area (Å²) in [5.41, 5.74) is 4.68. The monoisotopic (exact) mass is 309 g/mol. The summed E-state index contributed by atoms with van der Waals surface area (Å²) >= 11 is 2.03. The third kappa shape index (κ3) is 2.52. The van der Waals surface area contributed by atoms with E-state index in [9.17, 15) is 0 Å². The van der Waals surface area contributed by atoms with Gasteiger partial charge in [0.15, 0.2) is 5.65 Å². The van der Waals surface area contributed by atoms with Gasteiger partial charge in [-0.05, 0) is 36.8 Å². The molecule has 1 atom stereocenters. The molecule has 0 aliphatic carbocycles. The van der Waals surface area contributed by atoms with Gasteiger partial charge in [-0.1, -0.05) is 29.8 Å². The Labute approximate surface area is 134 Å². The van der Waals surface area contributed by atoms with Crippen LogP contribution in [0.25, 0.3) is 11.2 Å². The van der Waals surface area contributed by atoms with E-state index in [1.807, 2.05) is 24.0 Å². The standard InChI is InChI=1S/C18H19N3S/c1-13-4-2-5-14(10-13)11-17-20-16-6-3-8-19-18(16)21(17)15-7-9-22-12-15/h2-6,8,10,15H,7,9,11-12H2,1H3. The zero-order valence-electron chi connectivity index (χ0n) is 12.7. The Kier molecular flexibility index (Phi) is 3.62. The highest BCUT2D eigenvalue weighted by atomic mass is 32.2. The first-order valence-electron chi connectivity index (χ1n) is 7.76. The van der Waals surface area contributed by atoms with Crippen LogP contribution in [0, 0.1) is 6.92 Å². The van der Waals surface area contributed by atoms with Gasteiger partial charge in [0.1, 0.15) is 11.3 Å². The van der Waals surface area contributed by atoms with Crippen molar-refractivity contribution in [3.05, 3.63) is 59.5 Å². The third-order valence-electron chi connectivity index (χ3n) is 4.24. The molecule has 0 saturated carbocycles. The molecule has 4 rings (SSSR count). The molecule has 3 aromatic rings. The lowest BCUT2D eigenvalue weighted by Crippen LogP contribution is -2.12. The van der Waals surface area contributed by atoms with Gasteiger partial charge < -0.3 is 4.57 Å². The predicted molar refractivity (Wildman–Crippen MR) is 92.5 cm³/mol. The highest BCUT2D eigenvalue weighted by Crippen LogP contribution is 2.32. The lowest BCUT2D eigenvalue weighted by molar-refractivity contribution is 0.550. The van der Waals surface area contributed by atoms with Gasteiger partial charge in [-0.2, -0.15) is 11.8 Å². The van der Waals surface area contributed by atoms with E-state index in [0.717, 1.165) is 23.4 Å². The third-order valence-corrected chi connectivity index (χ3v) is 5.38. The highest BCUT2D eigenvalue weighted by Gasteiger charge is 2.23. The van der Waals surface area contributed by atoms with E-state index in [0.29, 0.717) is 6.04 Å². The molecule has 0 amide bonds. The number of fused-ring (bicyclic) bond motifs is 1. The molecule has 112 valence electrons. The van der Waals surface area contributed by atoms with Crippen molar-refractivity contribution >= 4 is 22.9 Å². The molecular formula is C18H19N3S. The Morgan fingerprint density at radius 1 is 1.27 bits per heavy atom. The first-order chi connectivity index (χ1) is 10.8. The average molecular weight is 309 g/mol. The summed E-state index contributed by atoms with van der Waals surface area (Å²) in [5, 5.41) is 0. The molecule has 1 saturated heterocycles. The Hall–Kier alpha value is -1.81. The number of aryl methyl sites for hydroxylation is 1. The Morgan fingerprint density at radius 3 is 3.05 bits per heavy atom. The Balaban J connectivity index is 1.80. The van der Waals surface area contributed by atoms with E-state index in [1.165, 1.54) is 29.1 Å². The van der Waals surface area contributed by atoms with Gasteiger partial charge in [0.05, 0.1) is 0 Å². The second-order valence-electron chi connectivity index (χ2n) is 5.93. The Bertz CT molecular complexity index is 803. The van der Waals surface area contributed by atoms with Crippen molar-refractivity contribution in [1.82, 2.24) is 14.5 Å². The van der Waals surface area contributed by atoms with E-state index in [1.54, 1.807) is 0 Å². The molecule has 3 heterocycles. The SMILES string of the molecule is Cc1cccc(Cc2nc3cccnc3n2C2CCSC2)c1. The first kappa shape index (κ1) is 13.8. The number of rotatable bonds is 3. The molecule has 0 N–H and O–H groups in total. The van der Waals surface area contributed by atoms with Crippen LogP contribution in [0.1, 0.15) is 29.4 Å². The summed E-state index contributed by atoms with van der Waals surface area (Å²) in [5.74, 6) is 3.55. The molecule has 2 aromatic heterocycles. The van der Waals surface area contributed by atoms with E-state index in [4.69, 9.17) is 4.98 Å². The maximum Gasteiger partial charge on any atom is 0.160 e. The molecule has 22 heavy (non-hydrogen) atoms. The van der Waals surface area contributed by atoms with E-state index in [-0.39, 0.29) is 0 Å². The highest BCUT2D eigenvalue weighted by molar-refractivity contribution is 7.99. The predicted octanol–water partition coefficient (Wildman–Crippen LogP) is 4.01. The summed E-state index contributed by atoms with van der Waals surface area (Å²) < 4.78 is 2.39. The number of hydrogen-bond acceptors (Lipinski definition) is 3. The molecule has 1 fully saturated rings. The van der Waals surface area contributed by atoms with Crippen LogP contribution in [0.2, 0.25) is 0 Å². The number of nitrogens with zero attached hydrogens (tertiary/aromatic N) is 3. The molecule has 1 aromatic carbocycles. The zero-order chi connectivity index (χ0) is 14.9. The second-order valence-corrected chi connectivity index (χ2v) is 7.08. The molecule has 0 radical (unpaired) electrons. The van der Waals surface area contributed by atoms with Crippen LogP contribution in [-0.2, 0) is 6.42 Å². The average Bonchev–Trinajstić information content (AvgIpc) is 3.13. The summed E-state index contributed by atoms with van der Waals surface area (Å²) in [6.07, 6.45) is 3.96. The number of aromatic nitrogens is 3. The topological polar surface area (TPSA) is 30.7 Å². The summed E-state index contributed by atoms with van der Waals surface area (Å²) in [6.45, 7) is 2.14. The number of hydrogen-bond donors (Lipinski definition) is 0. The zero-order valence-corrected chi connectivity index (χ0v) is 13.5. The van der Waals surface area contributed by atoms with Gasteiger partial charge in [0.2, 0.25) is 0 Å².